The number of nitrogens with two attached hydrogens (primary N) is 1. The summed E-state index contributed by atoms with van der Waals surface area (Å²) in [6, 6.07) is 3.62. The SMILES string of the molecule is CCCN(CC(=O)NC)C(=O)c1cc(F)ccc1N. The number of nitrogens with one attached hydrogen (secondary N) is 1. The molecule has 1 aromatic rings. The van der Waals surface area contributed by atoms with Crippen molar-refractivity contribution in [3.8, 4) is 0 Å². The van der Waals surface area contributed by atoms with E-state index in [1.807, 2.05) is 6.92 Å². The Balaban J connectivity index is 2.98. The first-order valence-electron chi connectivity index (χ1n) is 6.04. The number of likely N-dealkylation sites (N-methyl/N-ethyl adjacent to an activating group) is 1. The molecule has 1 aromatic carbocycles. The largest absolute Gasteiger partial charge is 0.398 e. The lowest BCUT2D eigenvalue weighted by Crippen LogP contribution is -2.40. The molecule has 0 aliphatic heterocycles. The van der Waals surface area contributed by atoms with Crippen molar-refractivity contribution in [3.05, 3.63) is 29.6 Å². The summed E-state index contributed by atoms with van der Waals surface area (Å²) in [5, 5.41) is 2.45. The fourth-order valence-electron chi connectivity index (χ4n) is 1.66. The van der Waals surface area contributed by atoms with Gasteiger partial charge in [0.05, 0.1) is 12.1 Å². The van der Waals surface area contributed by atoms with E-state index in [-0.39, 0.29) is 23.7 Å². The molecule has 0 aliphatic rings. The maximum Gasteiger partial charge on any atom is 0.256 e. The Morgan fingerprint density at radius 2 is 2.11 bits per heavy atom. The van der Waals surface area contributed by atoms with Crippen molar-refractivity contribution in [1.82, 2.24) is 10.2 Å². The van der Waals surface area contributed by atoms with Crippen molar-refractivity contribution in [3.63, 3.8) is 0 Å². The Bertz CT molecular complexity index is 477. The highest BCUT2D eigenvalue weighted by Crippen LogP contribution is 2.16. The number of benzene rings is 1. The Morgan fingerprint density at radius 1 is 1.42 bits per heavy atom. The minimum Gasteiger partial charge on any atom is -0.398 e. The van der Waals surface area contributed by atoms with Crippen LogP contribution in [0.1, 0.15) is 23.7 Å². The van der Waals surface area contributed by atoms with Crippen LogP contribution in [0.4, 0.5) is 10.1 Å². The highest BCUT2D eigenvalue weighted by Gasteiger charge is 2.20. The third kappa shape index (κ3) is 3.94. The average Bonchev–Trinajstić information content (AvgIpc) is 2.40. The zero-order valence-electron chi connectivity index (χ0n) is 11.1. The highest BCUT2D eigenvalue weighted by atomic mass is 19.1. The van der Waals surface area contributed by atoms with Crippen molar-refractivity contribution in [1.29, 1.82) is 0 Å². The molecule has 19 heavy (non-hydrogen) atoms. The number of carbonyl (C=O) groups excluding carboxylic acids is 2. The van der Waals surface area contributed by atoms with Gasteiger partial charge < -0.3 is 16.0 Å². The number of nitrogens with zero attached hydrogens (tertiary/aromatic N) is 1. The summed E-state index contributed by atoms with van der Waals surface area (Å²) in [6.07, 6.45) is 0.692. The van der Waals surface area contributed by atoms with Gasteiger partial charge in [0.1, 0.15) is 5.82 Å². The summed E-state index contributed by atoms with van der Waals surface area (Å²) in [5.41, 5.74) is 5.95. The predicted octanol–water partition coefficient (Wildman–Crippen LogP) is 1.01. The van der Waals surface area contributed by atoms with Crippen LogP contribution in [-0.4, -0.2) is 36.9 Å². The van der Waals surface area contributed by atoms with Gasteiger partial charge in [-0.15, -0.1) is 0 Å². The summed E-state index contributed by atoms with van der Waals surface area (Å²) in [4.78, 5) is 25.0. The molecule has 0 bridgehead atoms. The maximum atomic E-state index is 13.2. The standard InChI is InChI=1S/C13H18FN3O2/c1-3-6-17(8-12(18)16-2)13(19)10-7-9(14)4-5-11(10)15/h4-5,7H,3,6,8,15H2,1-2H3,(H,16,18). The lowest BCUT2D eigenvalue weighted by Gasteiger charge is -2.22. The van der Waals surface area contributed by atoms with E-state index in [2.05, 4.69) is 5.32 Å². The van der Waals surface area contributed by atoms with Gasteiger partial charge in [-0.25, -0.2) is 4.39 Å². The van der Waals surface area contributed by atoms with Crippen molar-refractivity contribution >= 4 is 17.5 Å². The summed E-state index contributed by atoms with van der Waals surface area (Å²) in [7, 11) is 1.49. The molecule has 0 aromatic heterocycles. The molecule has 0 atom stereocenters. The maximum absolute atomic E-state index is 13.2. The smallest absolute Gasteiger partial charge is 0.256 e. The summed E-state index contributed by atoms with van der Waals surface area (Å²) >= 11 is 0. The van der Waals surface area contributed by atoms with Crippen molar-refractivity contribution in [2.45, 2.75) is 13.3 Å². The van der Waals surface area contributed by atoms with Crippen LogP contribution in [0.25, 0.3) is 0 Å². The number of carbonyl (C=O) groups is 2. The van der Waals surface area contributed by atoms with Crippen LogP contribution in [0.5, 0.6) is 0 Å². The highest BCUT2D eigenvalue weighted by molar-refractivity contribution is 6.00. The van der Waals surface area contributed by atoms with Gasteiger partial charge in [-0.1, -0.05) is 6.92 Å². The lowest BCUT2D eigenvalue weighted by atomic mass is 10.1. The van der Waals surface area contributed by atoms with E-state index in [0.29, 0.717) is 13.0 Å². The van der Waals surface area contributed by atoms with E-state index in [0.717, 1.165) is 6.07 Å². The molecule has 0 saturated heterocycles. The van der Waals surface area contributed by atoms with E-state index < -0.39 is 11.7 Å². The van der Waals surface area contributed by atoms with Gasteiger partial charge in [0.25, 0.3) is 5.91 Å². The van der Waals surface area contributed by atoms with E-state index >= 15 is 0 Å². The zero-order valence-corrected chi connectivity index (χ0v) is 11.1. The predicted molar refractivity (Wildman–Crippen MR) is 71.1 cm³/mol. The van der Waals surface area contributed by atoms with E-state index in [9.17, 15) is 14.0 Å². The normalized spacial score (nSPS) is 10.1. The van der Waals surface area contributed by atoms with E-state index in [1.165, 1.54) is 24.1 Å². The van der Waals surface area contributed by atoms with Gasteiger partial charge >= 0.3 is 0 Å². The molecule has 1 rings (SSSR count). The van der Waals surface area contributed by atoms with Crippen LogP contribution in [0.15, 0.2) is 18.2 Å². The van der Waals surface area contributed by atoms with Crippen molar-refractivity contribution in [2.75, 3.05) is 25.9 Å². The first-order valence-corrected chi connectivity index (χ1v) is 6.04. The van der Waals surface area contributed by atoms with Crippen molar-refractivity contribution in [2.24, 2.45) is 0 Å². The Kier molecular flexibility index (Phi) is 5.29. The van der Waals surface area contributed by atoms with Crippen LogP contribution in [-0.2, 0) is 4.79 Å². The fourth-order valence-corrected chi connectivity index (χ4v) is 1.66. The van der Waals surface area contributed by atoms with Gasteiger partial charge in [0.2, 0.25) is 5.91 Å². The van der Waals surface area contributed by atoms with E-state index in [4.69, 9.17) is 5.73 Å². The number of anilines is 1. The molecule has 5 nitrogen and oxygen atoms in total. The molecule has 6 heteroatoms. The van der Waals surface area contributed by atoms with Gasteiger partial charge in [0.15, 0.2) is 0 Å². The Labute approximate surface area is 111 Å². The third-order valence-electron chi connectivity index (χ3n) is 2.64. The molecule has 0 saturated carbocycles. The van der Waals surface area contributed by atoms with Gasteiger partial charge in [-0.3, -0.25) is 9.59 Å². The number of hydrogen-bond acceptors (Lipinski definition) is 3. The molecule has 0 spiro atoms. The Morgan fingerprint density at radius 3 is 2.68 bits per heavy atom. The molecule has 0 radical (unpaired) electrons. The van der Waals surface area contributed by atoms with E-state index in [1.54, 1.807) is 0 Å². The molecular weight excluding hydrogens is 249 g/mol. The summed E-state index contributed by atoms with van der Waals surface area (Å²) < 4.78 is 13.2. The van der Waals surface area contributed by atoms with Gasteiger partial charge in [-0.2, -0.15) is 0 Å². The summed E-state index contributed by atoms with van der Waals surface area (Å²) in [6.45, 7) is 2.22. The number of amides is 2. The monoisotopic (exact) mass is 267 g/mol. The number of hydrogen-bond donors (Lipinski definition) is 2. The molecule has 0 heterocycles. The third-order valence-corrected chi connectivity index (χ3v) is 2.64. The van der Waals surface area contributed by atoms with Gasteiger partial charge in [0, 0.05) is 19.3 Å². The van der Waals surface area contributed by atoms with Crippen molar-refractivity contribution < 1.29 is 14.0 Å². The molecule has 3 N–H and O–H groups in total. The fraction of sp³-hybridized carbons (Fsp3) is 0.385. The van der Waals surface area contributed by atoms with Crippen LogP contribution < -0.4 is 11.1 Å². The van der Waals surface area contributed by atoms with Crippen LogP contribution >= 0.6 is 0 Å². The zero-order chi connectivity index (χ0) is 14.4. The molecule has 0 fully saturated rings. The second-order valence-corrected chi connectivity index (χ2v) is 4.13. The molecular formula is C13H18FN3O2. The quantitative estimate of drug-likeness (QED) is 0.782. The second kappa shape index (κ2) is 6.72. The number of nitrogen functional groups attached to an aromatic ring is 1. The first kappa shape index (κ1) is 14.9. The second-order valence-electron chi connectivity index (χ2n) is 4.13. The molecule has 104 valence electrons. The Hall–Kier alpha value is -2.11. The van der Waals surface area contributed by atoms with Gasteiger partial charge in [-0.05, 0) is 24.6 Å². The minimum atomic E-state index is -0.533. The van der Waals surface area contributed by atoms with Crippen LogP contribution in [0.2, 0.25) is 0 Å². The number of rotatable bonds is 5. The number of halogens is 1. The van der Waals surface area contributed by atoms with Crippen LogP contribution in [0, 0.1) is 5.82 Å². The molecule has 0 unspecified atom stereocenters. The average molecular weight is 267 g/mol. The van der Waals surface area contributed by atoms with Crippen LogP contribution in [0.3, 0.4) is 0 Å². The summed E-state index contributed by atoms with van der Waals surface area (Å²) in [5.74, 6) is -1.26. The lowest BCUT2D eigenvalue weighted by molar-refractivity contribution is -0.121. The first-order chi connectivity index (χ1) is 8.99. The molecule has 2 amide bonds. The topological polar surface area (TPSA) is 75.4 Å². The minimum absolute atomic E-state index is 0.0703. The molecule has 0 aliphatic carbocycles.